The Morgan fingerprint density at radius 2 is 2.06 bits per heavy atom. The van der Waals surface area contributed by atoms with Gasteiger partial charge in [-0.2, -0.15) is 5.10 Å². The number of rotatable bonds is 4. The Bertz CT molecular complexity index is 605. The number of halogens is 1. The molecule has 0 fully saturated rings. The van der Waals surface area contributed by atoms with Crippen LogP contribution in [0.5, 0.6) is 0 Å². The van der Waals surface area contributed by atoms with Crippen molar-refractivity contribution in [2.24, 2.45) is 7.05 Å². The van der Waals surface area contributed by atoms with Gasteiger partial charge in [-0.05, 0) is 18.2 Å². The second kappa shape index (κ2) is 4.91. The van der Waals surface area contributed by atoms with Crippen molar-refractivity contribution >= 4 is 11.6 Å². The molecule has 0 aliphatic heterocycles. The van der Waals surface area contributed by atoms with E-state index in [4.69, 9.17) is 0 Å². The third-order valence-electron chi connectivity index (χ3n) is 2.47. The van der Waals surface area contributed by atoms with Crippen molar-refractivity contribution in [2.45, 2.75) is 6.42 Å². The second-order valence-corrected chi connectivity index (χ2v) is 3.91. The average Bonchev–Trinajstić information content (AvgIpc) is 2.76. The van der Waals surface area contributed by atoms with E-state index in [9.17, 15) is 14.0 Å². The van der Waals surface area contributed by atoms with Gasteiger partial charge in [-0.3, -0.25) is 14.3 Å². The number of carbonyl (C=O) groups is 2. The summed E-state index contributed by atoms with van der Waals surface area (Å²) in [5.41, 5.74) is 0.432. The molecule has 0 aliphatic carbocycles. The van der Waals surface area contributed by atoms with Crippen LogP contribution in [0.2, 0.25) is 0 Å². The third-order valence-corrected chi connectivity index (χ3v) is 2.47. The van der Waals surface area contributed by atoms with E-state index < -0.39 is 11.6 Å². The van der Waals surface area contributed by atoms with Crippen molar-refractivity contribution in [1.29, 1.82) is 0 Å². The highest BCUT2D eigenvalue weighted by Gasteiger charge is 2.15. The molecular weight excluding hydrogens is 235 g/mol. The van der Waals surface area contributed by atoms with E-state index >= 15 is 0 Å². The lowest BCUT2D eigenvalue weighted by molar-refractivity contribution is 0.0890. The van der Waals surface area contributed by atoms with Crippen molar-refractivity contribution in [1.82, 2.24) is 9.78 Å². The molecule has 0 amide bonds. The molecule has 0 saturated heterocycles. The lowest BCUT2D eigenvalue weighted by Crippen LogP contribution is -2.09. The summed E-state index contributed by atoms with van der Waals surface area (Å²) in [6.45, 7) is 0. The maximum atomic E-state index is 12.9. The summed E-state index contributed by atoms with van der Waals surface area (Å²) in [4.78, 5) is 23.5. The predicted octanol–water partition coefficient (Wildman–Crippen LogP) is 2.01. The third kappa shape index (κ3) is 2.68. The van der Waals surface area contributed by atoms with Gasteiger partial charge in [-0.25, -0.2) is 4.39 Å². The van der Waals surface area contributed by atoms with Gasteiger partial charge in [0.2, 0.25) is 0 Å². The molecule has 0 bridgehead atoms. The standard InChI is InChI=1S/C13H11FN2O2/c1-16-6-5-11(15-16)13(18)8-12(17)9-3-2-4-10(14)7-9/h2-7H,8H2,1H3. The summed E-state index contributed by atoms with van der Waals surface area (Å²) < 4.78 is 14.4. The maximum absolute atomic E-state index is 12.9. The molecule has 92 valence electrons. The largest absolute Gasteiger partial charge is 0.294 e. The molecule has 0 N–H and O–H groups in total. The quantitative estimate of drug-likeness (QED) is 0.612. The minimum absolute atomic E-state index is 0.194. The molecular formula is C13H11FN2O2. The molecule has 0 spiro atoms. The molecule has 5 heteroatoms. The van der Waals surface area contributed by atoms with Crippen LogP contribution in [0.15, 0.2) is 36.5 Å². The summed E-state index contributed by atoms with van der Waals surface area (Å²) in [5, 5.41) is 3.92. The van der Waals surface area contributed by atoms with Gasteiger partial charge >= 0.3 is 0 Å². The van der Waals surface area contributed by atoms with Crippen molar-refractivity contribution < 1.29 is 14.0 Å². The van der Waals surface area contributed by atoms with Crippen LogP contribution in [0.1, 0.15) is 27.3 Å². The lowest BCUT2D eigenvalue weighted by Gasteiger charge is -1.99. The Morgan fingerprint density at radius 1 is 1.28 bits per heavy atom. The van der Waals surface area contributed by atoms with Gasteiger partial charge in [0, 0.05) is 18.8 Å². The molecule has 2 rings (SSSR count). The number of nitrogens with zero attached hydrogens (tertiary/aromatic N) is 2. The molecule has 2 aromatic rings. The number of Topliss-reactive ketones (excluding diaryl/α,β-unsaturated/α-hetero) is 2. The molecule has 1 heterocycles. The highest BCUT2D eigenvalue weighted by molar-refractivity contribution is 6.12. The van der Waals surface area contributed by atoms with Crippen molar-refractivity contribution in [3.05, 3.63) is 53.6 Å². The molecule has 18 heavy (non-hydrogen) atoms. The lowest BCUT2D eigenvalue weighted by atomic mass is 10.0. The molecule has 1 aromatic heterocycles. The minimum atomic E-state index is -0.494. The van der Waals surface area contributed by atoms with Crippen molar-refractivity contribution in [3.63, 3.8) is 0 Å². The molecule has 0 atom stereocenters. The van der Waals surface area contributed by atoms with Crippen LogP contribution < -0.4 is 0 Å². The molecule has 1 aromatic carbocycles. The van der Waals surface area contributed by atoms with E-state index in [1.807, 2.05) is 0 Å². The van der Waals surface area contributed by atoms with Gasteiger partial charge in [0.15, 0.2) is 11.6 Å². The summed E-state index contributed by atoms with van der Waals surface area (Å²) in [6.07, 6.45) is 1.32. The first-order chi connectivity index (χ1) is 8.56. The van der Waals surface area contributed by atoms with Crippen LogP contribution in [-0.2, 0) is 7.05 Å². The zero-order valence-corrected chi connectivity index (χ0v) is 9.76. The molecule has 4 nitrogen and oxygen atoms in total. The van der Waals surface area contributed by atoms with Crippen LogP contribution in [-0.4, -0.2) is 21.3 Å². The molecule has 0 radical (unpaired) electrons. The van der Waals surface area contributed by atoms with Crippen LogP contribution >= 0.6 is 0 Å². The van der Waals surface area contributed by atoms with Crippen LogP contribution in [0.3, 0.4) is 0 Å². The minimum Gasteiger partial charge on any atom is -0.294 e. The number of ketones is 2. The summed E-state index contributed by atoms with van der Waals surface area (Å²) in [7, 11) is 1.69. The first kappa shape index (κ1) is 12.2. The monoisotopic (exact) mass is 246 g/mol. The Balaban J connectivity index is 2.10. The Morgan fingerprint density at radius 3 is 2.67 bits per heavy atom. The Kier molecular flexibility index (Phi) is 3.32. The average molecular weight is 246 g/mol. The smallest absolute Gasteiger partial charge is 0.190 e. The Labute approximate surface area is 103 Å². The van der Waals surface area contributed by atoms with Crippen LogP contribution in [0.4, 0.5) is 4.39 Å². The van der Waals surface area contributed by atoms with Gasteiger partial charge in [-0.15, -0.1) is 0 Å². The normalized spacial score (nSPS) is 10.3. The van der Waals surface area contributed by atoms with E-state index in [0.29, 0.717) is 0 Å². The first-order valence-electron chi connectivity index (χ1n) is 5.38. The van der Waals surface area contributed by atoms with E-state index in [1.54, 1.807) is 19.3 Å². The number of carbonyl (C=O) groups excluding carboxylic acids is 2. The number of benzene rings is 1. The second-order valence-electron chi connectivity index (χ2n) is 3.91. The van der Waals surface area contributed by atoms with Crippen molar-refractivity contribution in [3.8, 4) is 0 Å². The fraction of sp³-hybridized carbons (Fsp3) is 0.154. The van der Waals surface area contributed by atoms with Crippen molar-refractivity contribution in [2.75, 3.05) is 0 Å². The first-order valence-corrected chi connectivity index (χ1v) is 5.38. The van der Waals surface area contributed by atoms with Crippen LogP contribution in [0, 0.1) is 5.82 Å². The summed E-state index contributed by atoms with van der Waals surface area (Å²) in [5.74, 6) is -1.28. The topological polar surface area (TPSA) is 52.0 Å². The zero-order chi connectivity index (χ0) is 13.1. The highest BCUT2D eigenvalue weighted by Crippen LogP contribution is 2.09. The fourth-order valence-corrected chi connectivity index (χ4v) is 1.56. The van der Waals surface area contributed by atoms with E-state index in [2.05, 4.69) is 5.10 Å². The molecule has 0 saturated carbocycles. The number of hydrogen-bond acceptors (Lipinski definition) is 3. The molecule has 0 unspecified atom stereocenters. The van der Waals surface area contributed by atoms with Gasteiger partial charge in [-0.1, -0.05) is 12.1 Å². The summed E-state index contributed by atoms with van der Waals surface area (Å²) in [6, 6.07) is 6.83. The number of hydrogen-bond donors (Lipinski definition) is 0. The van der Waals surface area contributed by atoms with Gasteiger partial charge < -0.3 is 0 Å². The SMILES string of the molecule is Cn1ccc(C(=O)CC(=O)c2cccc(F)c2)n1. The summed E-state index contributed by atoms with van der Waals surface area (Å²) >= 11 is 0. The maximum Gasteiger partial charge on any atom is 0.190 e. The molecule has 0 aliphatic rings. The van der Waals surface area contributed by atoms with Gasteiger partial charge in [0.05, 0.1) is 6.42 Å². The highest BCUT2D eigenvalue weighted by atomic mass is 19.1. The van der Waals surface area contributed by atoms with Gasteiger partial charge in [0.25, 0.3) is 0 Å². The zero-order valence-electron chi connectivity index (χ0n) is 9.76. The van der Waals surface area contributed by atoms with E-state index in [0.717, 1.165) is 6.07 Å². The van der Waals surface area contributed by atoms with Gasteiger partial charge in [0.1, 0.15) is 11.5 Å². The number of aryl methyl sites for hydroxylation is 1. The van der Waals surface area contributed by atoms with E-state index in [1.165, 1.54) is 22.9 Å². The van der Waals surface area contributed by atoms with E-state index in [-0.39, 0.29) is 23.5 Å². The van der Waals surface area contributed by atoms with Crippen LogP contribution in [0.25, 0.3) is 0 Å². The Hall–Kier alpha value is -2.30. The fourth-order valence-electron chi connectivity index (χ4n) is 1.56. The number of aromatic nitrogens is 2. The predicted molar refractivity (Wildman–Crippen MR) is 62.9 cm³/mol.